The Morgan fingerprint density at radius 1 is 1.07 bits per heavy atom. The summed E-state index contributed by atoms with van der Waals surface area (Å²) in [5.74, 6) is 0. The zero-order valence-corrected chi connectivity index (χ0v) is 17.2. The van der Waals surface area contributed by atoms with Crippen molar-refractivity contribution in [1.29, 1.82) is 0 Å². The van der Waals surface area contributed by atoms with Crippen LogP contribution < -0.4 is 10.6 Å². The molecule has 3 rings (SSSR count). The summed E-state index contributed by atoms with van der Waals surface area (Å²) in [4.78, 5) is 12.4. The second kappa shape index (κ2) is 9.89. The van der Waals surface area contributed by atoms with Crippen LogP contribution in [0.5, 0.6) is 0 Å². The van der Waals surface area contributed by atoms with Gasteiger partial charge in [-0.25, -0.2) is 4.79 Å². The molecule has 0 aliphatic heterocycles. The Labute approximate surface area is 171 Å². The van der Waals surface area contributed by atoms with Crippen molar-refractivity contribution >= 4 is 11.7 Å². The van der Waals surface area contributed by atoms with Crippen molar-refractivity contribution in [2.45, 2.75) is 40.5 Å². The topological polar surface area (TPSA) is 68.2 Å². The number of nitrogens with zero attached hydrogens (tertiary/aromatic N) is 2. The van der Waals surface area contributed by atoms with Gasteiger partial charge in [0.25, 0.3) is 0 Å². The smallest absolute Gasteiger partial charge is 0.319 e. The monoisotopic (exact) mass is 392 g/mol. The first kappa shape index (κ1) is 20.6. The number of rotatable bonds is 8. The second-order valence-electron chi connectivity index (χ2n) is 6.89. The zero-order valence-electron chi connectivity index (χ0n) is 17.2. The van der Waals surface area contributed by atoms with Crippen molar-refractivity contribution in [3.8, 4) is 0 Å². The maximum Gasteiger partial charge on any atom is 0.319 e. The van der Waals surface area contributed by atoms with Gasteiger partial charge in [-0.2, -0.15) is 5.10 Å². The molecule has 6 heteroatoms. The molecule has 152 valence electrons. The number of ether oxygens (including phenoxy) is 1. The van der Waals surface area contributed by atoms with E-state index < -0.39 is 0 Å². The molecule has 1 aromatic heterocycles. The SMILES string of the molecule is CCOCc1ccccc1NC(=O)NCc1c(C)nn(Cc2ccccc2)c1C. The minimum Gasteiger partial charge on any atom is -0.377 e. The number of anilines is 1. The Kier molecular flexibility index (Phi) is 7.03. The molecule has 0 atom stereocenters. The van der Waals surface area contributed by atoms with Crippen molar-refractivity contribution in [1.82, 2.24) is 15.1 Å². The summed E-state index contributed by atoms with van der Waals surface area (Å²) in [5, 5.41) is 10.5. The summed E-state index contributed by atoms with van der Waals surface area (Å²) < 4.78 is 7.45. The van der Waals surface area contributed by atoms with Crippen LogP contribution in [0.15, 0.2) is 54.6 Å². The molecule has 6 nitrogen and oxygen atoms in total. The number of carbonyl (C=O) groups is 1. The molecule has 3 aromatic rings. The van der Waals surface area contributed by atoms with E-state index in [4.69, 9.17) is 4.74 Å². The van der Waals surface area contributed by atoms with Crippen molar-refractivity contribution in [2.24, 2.45) is 0 Å². The number of hydrogen-bond donors (Lipinski definition) is 2. The Hall–Kier alpha value is -3.12. The van der Waals surface area contributed by atoms with E-state index in [9.17, 15) is 4.79 Å². The highest BCUT2D eigenvalue weighted by Crippen LogP contribution is 2.17. The van der Waals surface area contributed by atoms with E-state index in [1.165, 1.54) is 5.56 Å². The van der Waals surface area contributed by atoms with Gasteiger partial charge >= 0.3 is 6.03 Å². The lowest BCUT2D eigenvalue weighted by molar-refractivity contribution is 0.134. The second-order valence-corrected chi connectivity index (χ2v) is 6.89. The molecule has 2 aromatic carbocycles. The normalized spacial score (nSPS) is 10.7. The average Bonchev–Trinajstić information content (AvgIpc) is 2.99. The fraction of sp³-hybridized carbons (Fsp3) is 0.304. The number of hydrogen-bond acceptors (Lipinski definition) is 3. The highest BCUT2D eigenvalue weighted by Gasteiger charge is 2.13. The summed E-state index contributed by atoms with van der Waals surface area (Å²) in [6.07, 6.45) is 0. The summed E-state index contributed by atoms with van der Waals surface area (Å²) in [7, 11) is 0. The quantitative estimate of drug-likeness (QED) is 0.597. The van der Waals surface area contributed by atoms with Crippen LogP contribution in [0.1, 0.15) is 35.0 Å². The van der Waals surface area contributed by atoms with Gasteiger partial charge < -0.3 is 15.4 Å². The largest absolute Gasteiger partial charge is 0.377 e. The van der Waals surface area contributed by atoms with E-state index in [0.29, 0.717) is 26.3 Å². The zero-order chi connectivity index (χ0) is 20.6. The van der Waals surface area contributed by atoms with E-state index in [1.54, 1.807) is 0 Å². The molecule has 0 saturated carbocycles. The van der Waals surface area contributed by atoms with Crippen molar-refractivity contribution in [3.63, 3.8) is 0 Å². The van der Waals surface area contributed by atoms with Crippen LogP contribution in [-0.4, -0.2) is 22.4 Å². The Morgan fingerprint density at radius 2 is 1.79 bits per heavy atom. The lowest BCUT2D eigenvalue weighted by Gasteiger charge is -2.12. The van der Waals surface area contributed by atoms with E-state index in [1.807, 2.05) is 67.9 Å². The Morgan fingerprint density at radius 3 is 2.55 bits per heavy atom. The standard InChI is InChI=1S/C23H28N4O2/c1-4-29-16-20-12-8-9-13-22(20)25-23(28)24-14-21-17(2)26-27(18(21)3)15-19-10-6-5-7-11-19/h5-13H,4,14-16H2,1-3H3,(H2,24,25,28). The number of amides is 2. The lowest BCUT2D eigenvalue weighted by Crippen LogP contribution is -2.29. The molecular weight excluding hydrogens is 364 g/mol. The first-order chi connectivity index (χ1) is 14.1. The Bertz CT molecular complexity index is 951. The van der Waals surface area contributed by atoms with Gasteiger partial charge in [0.15, 0.2) is 0 Å². The molecule has 29 heavy (non-hydrogen) atoms. The number of urea groups is 1. The van der Waals surface area contributed by atoms with Crippen molar-refractivity contribution in [2.75, 3.05) is 11.9 Å². The third-order valence-electron chi connectivity index (χ3n) is 4.86. The first-order valence-corrected chi connectivity index (χ1v) is 9.85. The number of para-hydroxylation sites is 1. The minimum atomic E-state index is -0.247. The molecule has 2 amide bonds. The molecular formula is C23H28N4O2. The van der Waals surface area contributed by atoms with E-state index in [0.717, 1.165) is 28.2 Å². The van der Waals surface area contributed by atoms with Crippen molar-refractivity contribution < 1.29 is 9.53 Å². The fourth-order valence-corrected chi connectivity index (χ4v) is 3.22. The molecule has 0 saturated heterocycles. The van der Waals surface area contributed by atoms with Gasteiger partial charge in [-0.1, -0.05) is 48.5 Å². The van der Waals surface area contributed by atoms with Crippen LogP contribution >= 0.6 is 0 Å². The van der Waals surface area contributed by atoms with Gasteiger partial charge in [0.05, 0.1) is 18.8 Å². The molecule has 0 aliphatic rings. The molecule has 0 spiro atoms. The molecule has 0 aliphatic carbocycles. The van der Waals surface area contributed by atoms with Crippen LogP contribution in [0.4, 0.5) is 10.5 Å². The maximum absolute atomic E-state index is 12.4. The van der Waals surface area contributed by atoms with Crippen LogP contribution in [0.25, 0.3) is 0 Å². The number of aromatic nitrogens is 2. The average molecular weight is 393 g/mol. The number of nitrogens with one attached hydrogen (secondary N) is 2. The third kappa shape index (κ3) is 5.45. The van der Waals surface area contributed by atoms with E-state index in [-0.39, 0.29) is 6.03 Å². The van der Waals surface area contributed by atoms with Crippen LogP contribution in [0.3, 0.4) is 0 Å². The molecule has 2 N–H and O–H groups in total. The molecule has 0 unspecified atom stereocenters. The predicted molar refractivity (Wildman–Crippen MR) is 115 cm³/mol. The number of benzene rings is 2. The molecule has 0 radical (unpaired) electrons. The summed E-state index contributed by atoms with van der Waals surface area (Å²) in [5.41, 5.74) is 5.93. The first-order valence-electron chi connectivity index (χ1n) is 9.85. The highest BCUT2D eigenvalue weighted by atomic mass is 16.5. The van der Waals surface area contributed by atoms with Gasteiger partial charge in [-0.15, -0.1) is 0 Å². The Balaban J connectivity index is 1.62. The predicted octanol–water partition coefficient (Wildman–Crippen LogP) is 4.41. The summed E-state index contributed by atoms with van der Waals surface area (Å²) >= 11 is 0. The van der Waals surface area contributed by atoms with Gasteiger partial charge in [0.1, 0.15) is 0 Å². The number of carbonyl (C=O) groups excluding carboxylic acids is 1. The minimum absolute atomic E-state index is 0.247. The van der Waals surface area contributed by atoms with Crippen LogP contribution in [0, 0.1) is 13.8 Å². The summed E-state index contributed by atoms with van der Waals surface area (Å²) in [6.45, 7) is 8.20. The summed E-state index contributed by atoms with van der Waals surface area (Å²) in [6, 6.07) is 17.6. The molecule has 0 bridgehead atoms. The van der Waals surface area contributed by atoms with Gasteiger partial charge in [-0.05, 0) is 32.4 Å². The van der Waals surface area contributed by atoms with Gasteiger partial charge in [0.2, 0.25) is 0 Å². The lowest BCUT2D eigenvalue weighted by atomic mass is 10.2. The van der Waals surface area contributed by atoms with E-state index >= 15 is 0 Å². The van der Waals surface area contributed by atoms with Crippen molar-refractivity contribution in [3.05, 3.63) is 82.7 Å². The molecule has 1 heterocycles. The van der Waals surface area contributed by atoms with Crippen LogP contribution in [0.2, 0.25) is 0 Å². The van der Waals surface area contributed by atoms with Gasteiger partial charge in [0, 0.05) is 35.7 Å². The van der Waals surface area contributed by atoms with Gasteiger partial charge in [-0.3, -0.25) is 4.68 Å². The van der Waals surface area contributed by atoms with Crippen LogP contribution in [-0.2, 0) is 24.4 Å². The maximum atomic E-state index is 12.4. The number of aryl methyl sites for hydroxylation is 1. The third-order valence-corrected chi connectivity index (χ3v) is 4.86. The highest BCUT2D eigenvalue weighted by molar-refractivity contribution is 5.90. The fourth-order valence-electron chi connectivity index (χ4n) is 3.22. The van der Waals surface area contributed by atoms with E-state index in [2.05, 4.69) is 27.9 Å². The molecule has 0 fully saturated rings.